The lowest BCUT2D eigenvalue weighted by Gasteiger charge is -2.41. The summed E-state index contributed by atoms with van der Waals surface area (Å²) in [5.74, 6) is 1.55. The van der Waals surface area contributed by atoms with Gasteiger partial charge in [0.2, 0.25) is 0 Å². The first kappa shape index (κ1) is 21.8. The Hall–Kier alpha value is -2.42. The summed E-state index contributed by atoms with van der Waals surface area (Å²) in [5.41, 5.74) is 10.6. The summed E-state index contributed by atoms with van der Waals surface area (Å²) in [6, 6.07) is 1.79. The minimum atomic E-state index is -0.343. The van der Waals surface area contributed by atoms with Gasteiger partial charge in [-0.25, -0.2) is 14.6 Å². The van der Waals surface area contributed by atoms with E-state index in [1.807, 2.05) is 31.5 Å². The van der Waals surface area contributed by atoms with E-state index in [1.54, 1.807) is 7.11 Å². The Morgan fingerprint density at radius 1 is 1.29 bits per heavy atom. The van der Waals surface area contributed by atoms with E-state index in [-0.39, 0.29) is 12.1 Å². The van der Waals surface area contributed by atoms with Crippen molar-refractivity contribution >= 4 is 28.5 Å². The molecule has 0 amide bonds. The van der Waals surface area contributed by atoms with Gasteiger partial charge in [0.1, 0.15) is 17.9 Å². The zero-order valence-electron chi connectivity index (χ0n) is 18.6. The number of aryl methyl sites for hydroxylation is 1. The standard InChI is InChI=1S/C22H29ClN6O2/c1-11(30)7-28-8-15(9-28)18-12(2)17(23)6-16(20(18)31-5)14(4)29-22-19(13(3)27-29)21(24)25-10-26-22/h6,10-11,14-15,30H,7-9H2,1-5H3,(H2,24,25,26)/t11-,14?/m0/s1. The van der Waals surface area contributed by atoms with Crippen LogP contribution in [0, 0.1) is 13.8 Å². The van der Waals surface area contributed by atoms with Crippen LogP contribution in [0.15, 0.2) is 12.4 Å². The quantitative estimate of drug-likeness (QED) is 0.602. The van der Waals surface area contributed by atoms with Crippen LogP contribution >= 0.6 is 11.6 Å². The lowest BCUT2D eigenvalue weighted by atomic mass is 9.85. The molecule has 31 heavy (non-hydrogen) atoms. The van der Waals surface area contributed by atoms with Crippen LogP contribution in [-0.2, 0) is 0 Å². The third-order valence-corrected chi connectivity index (χ3v) is 6.55. The average Bonchev–Trinajstić information content (AvgIpc) is 3.03. The Balaban J connectivity index is 1.78. The number of likely N-dealkylation sites (tertiary alicyclic amines) is 1. The first-order chi connectivity index (χ1) is 14.7. The molecular weight excluding hydrogens is 416 g/mol. The van der Waals surface area contributed by atoms with Gasteiger partial charge in [-0.3, -0.25) is 4.90 Å². The molecule has 1 unspecified atom stereocenters. The summed E-state index contributed by atoms with van der Waals surface area (Å²) in [6.45, 7) is 10.2. The van der Waals surface area contributed by atoms with E-state index in [4.69, 9.17) is 27.2 Å². The topological polar surface area (TPSA) is 102 Å². The van der Waals surface area contributed by atoms with E-state index in [2.05, 4.69) is 21.8 Å². The number of nitrogen functional groups attached to an aromatic ring is 1. The highest BCUT2D eigenvalue weighted by Gasteiger charge is 2.34. The van der Waals surface area contributed by atoms with Crippen LogP contribution in [0.2, 0.25) is 5.02 Å². The van der Waals surface area contributed by atoms with Gasteiger partial charge in [-0.2, -0.15) is 5.10 Å². The molecule has 1 aromatic carbocycles. The van der Waals surface area contributed by atoms with E-state index >= 15 is 0 Å². The number of hydrogen-bond acceptors (Lipinski definition) is 7. The molecule has 1 saturated heterocycles. The van der Waals surface area contributed by atoms with Crippen molar-refractivity contribution in [3.8, 4) is 5.75 Å². The number of nitrogens with zero attached hydrogens (tertiary/aromatic N) is 5. The largest absolute Gasteiger partial charge is 0.496 e. The number of aliphatic hydroxyl groups is 1. The summed E-state index contributed by atoms with van der Waals surface area (Å²) in [5, 5.41) is 15.9. The number of fused-ring (bicyclic) bond motifs is 1. The lowest BCUT2D eigenvalue weighted by Crippen LogP contribution is -2.48. The number of β-amino-alcohol motifs (C(OH)–C–C–N with tert-alkyl or cyclic N) is 1. The highest BCUT2D eigenvalue weighted by atomic mass is 35.5. The molecule has 3 aromatic rings. The fraction of sp³-hybridized carbons (Fsp3) is 0.500. The molecule has 9 heteroatoms. The SMILES string of the molecule is COc1c(C(C)n2nc(C)c3c(N)ncnc32)cc(Cl)c(C)c1C1CN(C[C@H](C)O)C1. The van der Waals surface area contributed by atoms with Crippen molar-refractivity contribution in [2.75, 3.05) is 32.5 Å². The maximum Gasteiger partial charge on any atom is 0.164 e. The molecule has 1 aliphatic heterocycles. The van der Waals surface area contributed by atoms with E-state index in [0.29, 0.717) is 29.0 Å². The monoisotopic (exact) mass is 444 g/mol. The second kappa shape index (κ2) is 8.26. The van der Waals surface area contributed by atoms with E-state index in [0.717, 1.165) is 46.6 Å². The van der Waals surface area contributed by atoms with Gasteiger partial charge in [0.25, 0.3) is 0 Å². The van der Waals surface area contributed by atoms with Crippen molar-refractivity contribution in [1.29, 1.82) is 0 Å². The number of rotatable bonds is 6. The van der Waals surface area contributed by atoms with Crippen LogP contribution in [0.5, 0.6) is 5.75 Å². The predicted octanol–water partition coefficient (Wildman–Crippen LogP) is 3.08. The van der Waals surface area contributed by atoms with Gasteiger partial charge in [0.15, 0.2) is 5.65 Å². The number of nitrogens with two attached hydrogens (primary N) is 1. The first-order valence-corrected chi connectivity index (χ1v) is 10.8. The molecule has 0 saturated carbocycles. The van der Waals surface area contributed by atoms with Gasteiger partial charge >= 0.3 is 0 Å². The molecule has 0 spiro atoms. The Labute approximate surface area is 187 Å². The number of aliphatic hydroxyl groups excluding tert-OH is 1. The van der Waals surface area contributed by atoms with Crippen molar-refractivity contribution in [2.45, 2.75) is 45.8 Å². The second-order valence-corrected chi connectivity index (χ2v) is 8.85. The summed E-state index contributed by atoms with van der Waals surface area (Å²) in [4.78, 5) is 10.8. The highest BCUT2D eigenvalue weighted by molar-refractivity contribution is 6.31. The van der Waals surface area contributed by atoms with Crippen LogP contribution in [-0.4, -0.2) is 62.6 Å². The molecule has 0 aliphatic carbocycles. The fourth-order valence-corrected chi connectivity index (χ4v) is 4.86. The minimum Gasteiger partial charge on any atom is -0.496 e. The summed E-state index contributed by atoms with van der Waals surface area (Å²) < 4.78 is 7.80. The van der Waals surface area contributed by atoms with Crippen molar-refractivity contribution in [1.82, 2.24) is 24.6 Å². The van der Waals surface area contributed by atoms with E-state index in [1.165, 1.54) is 6.33 Å². The first-order valence-electron chi connectivity index (χ1n) is 10.5. The predicted molar refractivity (Wildman–Crippen MR) is 122 cm³/mol. The molecule has 1 aliphatic rings. The van der Waals surface area contributed by atoms with Crippen LogP contribution in [0.25, 0.3) is 11.0 Å². The van der Waals surface area contributed by atoms with Gasteiger partial charge < -0.3 is 15.6 Å². The maximum absolute atomic E-state index is 9.68. The molecule has 3 heterocycles. The zero-order chi connectivity index (χ0) is 22.4. The second-order valence-electron chi connectivity index (χ2n) is 8.45. The van der Waals surface area contributed by atoms with Gasteiger partial charge in [0.05, 0.1) is 30.3 Å². The molecule has 3 N–H and O–H groups in total. The van der Waals surface area contributed by atoms with Crippen molar-refractivity contribution < 1.29 is 9.84 Å². The molecule has 2 aromatic heterocycles. The number of ether oxygens (including phenoxy) is 1. The van der Waals surface area contributed by atoms with Crippen molar-refractivity contribution in [2.24, 2.45) is 0 Å². The Morgan fingerprint density at radius 2 is 2.00 bits per heavy atom. The number of hydrogen-bond donors (Lipinski definition) is 2. The van der Waals surface area contributed by atoms with Crippen molar-refractivity contribution in [3.63, 3.8) is 0 Å². The molecule has 166 valence electrons. The Morgan fingerprint density at radius 3 is 2.65 bits per heavy atom. The number of aromatic nitrogens is 4. The zero-order valence-corrected chi connectivity index (χ0v) is 19.3. The molecule has 8 nitrogen and oxygen atoms in total. The fourth-order valence-electron chi connectivity index (χ4n) is 4.64. The number of benzene rings is 1. The van der Waals surface area contributed by atoms with Crippen LogP contribution < -0.4 is 10.5 Å². The normalized spacial score (nSPS) is 17.0. The highest BCUT2D eigenvalue weighted by Crippen LogP contribution is 2.44. The summed E-state index contributed by atoms with van der Waals surface area (Å²) >= 11 is 6.69. The van der Waals surface area contributed by atoms with Crippen LogP contribution in [0.4, 0.5) is 5.82 Å². The average molecular weight is 445 g/mol. The molecule has 1 fully saturated rings. The summed E-state index contributed by atoms with van der Waals surface area (Å²) in [6.07, 6.45) is 1.11. The number of anilines is 1. The van der Waals surface area contributed by atoms with Crippen molar-refractivity contribution in [3.05, 3.63) is 39.8 Å². The van der Waals surface area contributed by atoms with Gasteiger partial charge in [-0.05, 0) is 39.3 Å². The Kier molecular flexibility index (Phi) is 5.81. The molecule has 0 radical (unpaired) electrons. The number of halogens is 1. The van der Waals surface area contributed by atoms with Gasteiger partial charge in [-0.15, -0.1) is 0 Å². The van der Waals surface area contributed by atoms with E-state index < -0.39 is 0 Å². The third kappa shape index (κ3) is 3.73. The Bertz CT molecular complexity index is 1120. The van der Waals surface area contributed by atoms with Gasteiger partial charge in [-0.1, -0.05) is 11.6 Å². The van der Waals surface area contributed by atoms with Gasteiger partial charge in [0, 0.05) is 41.7 Å². The maximum atomic E-state index is 9.68. The van der Waals surface area contributed by atoms with Crippen LogP contribution in [0.3, 0.4) is 0 Å². The third-order valence-electron chi connectivity index (χ3n) is 6.15. The molecule has 2 atom stereocenters. The molecular formula is C22H29ClN6O2. The lowest BCUT2D eigenvalue weighted by molar-refractivity contribution is 0.0732. The minimum absolute atomic E-state index is 0.175. The number of methoxy groups -OCH3 is 1. The van der Waals surface area contributed by atoms with Crippen LogP contribution in [0.1, 0.15) is 48.2 Å². The summed E-state index contributed by atoms with van der Waals surface area (Å²) in [7, 11) is 1.70. The molecule has 4 rings (SSSR count). The smallest absolute Gasteiger partial charge is 0.164 e. The molecule has 0 bridgehead atoms. The van der Waals surface area contributed by atoms with E-state index in [9.17, 15) is 5.11 Å².